The van der Waals surface area contributed by atoms with Gasteiger partial charge >= 0.3 is 0 Å². The van der Waals surface area contributed by atoms with E-state index >= 15 is 0 Å². The van der Waals surface area contributed by atoms with Gasteiger partial charge in [-0.25, -0.2) is 4.98 Å². The summed E-state index contributed by atoms with van der Waals surface area (Å²) in [4.78, 5) is 19.3. The van der Waals surface area contributed by atoms with Gasteiger partial charge in [0.05, 0.1) is 5.01 Å². The number of halogens is 2. The van der Waals surface area contributed by atoms with Crippen molar-refractivity contribution >= 4 is 42.1 Å². The van der Waals surface area contributed by atoms with Gasteiger partial charge in [-0.05, 0) is 50.6 Å². The molecule has 7 heteroatoms. The molecule has 4 rings (SSSR count). The first-order valence-electron chi connectivity index (χ1n) is 8.17. The smallest absolute Gasteiger partial charge is 0.226 e. The molecule has 1 N–H and O–H groups in total. The third-order valence-electron chi connectivity index (χ3n) is 5.69. The van der Waals surface area contributed by atoms with Crippen molar-refractivity contribution < 1.29 is 4.79 Å². The number of nitrogens with zero attached hydrogens (tertiary/aromatic N) is 2. The van der Waals surface area contributed by atoms with Crippen molar-refractivity contribution in [2.24, 2.45) is 11.3 Å². The van der Waals surface area contributed by atoms with Crippen LogP contribution in [0.3, 0.4) is 0 Å². The van der Waals surface area contributed by atoms with Crippen LogP contribution in [0, 0.1) is 11.3 Å². The van der Waals surface area contributed by atoms with E-state index in [1.54, 1.807) is 11.3 Å². The molecule has 3 fully saturated rings. The molecule has 2 saturated heterocycles. The van der Waals surface area contributed by atoms with Crippen LogP contribution in [0.4, 0.5) is 0 Å². The van der Waals surface area contributed by atoms with E-state index in [1.165, 1.54) is 17.8 Å². The molecule has 0 radical (unpaired) electrons. The highest BCUT2D eigenvalue weighted by molar-refractivity contribution is 7.09. The summed E-state index contributed by atoms with van der Waals surface area (Å²) in [5.41, 5.74) is 0.370. The van der Waals surface area contributed by atoms with Gasteiger partial charge in [0.15, 0.2) is 0 Å². The van der Waals surface area contributed by atoms with E-state index in [0.717, 1.165) is 45.4 Å². The Morgan fingerprint density at radius 1 is 1.26 bits per heavy atom. The topological polar surface area (TPSA) is 45.2 Å². The van der Waals surface area contributed by atoms with Crippen molar-refractivity contribution in [2.45, 2.75) is 38.0 Å². The highest BCUT2D eigenvalue weighted by atomic mass is 35.5. The zero-order valence-electron chi connectivity index (χ0n) is 13.2. The summed E-state index contributed by atoms with van der Waals surface area (Å²) in [6.45, 7) is 4.04. The first kappa shape index (κ1) is 19.0. The van der Waals surface area contributed by atoms with Crippen molar-refractivity contribution in [1.82, 2.24) is 15.2 Å². The maximum absolute atomic E-state index is 12.7. The molecule has 1 spiro atoms. The predicted octanol–water partition coefficient (Wildman–Crippen LogP) is 3.08. The zero-order chi connectivity index (χ0) is 14.3. The summed E-state index contributed by atoms with van der Waals surface area (Å²) in [6.07, 6.45) is 7.58. The SMILES string of the molecule is Cl.Cl.O=C(C1CC12CCNCC2)N1CCC(c2nccs2)CC1. The van der Waals surface area contributed by atoms with E-state index in [1.807, 2.05) is 6.20 Å². The van der Waals surface area contributed by atoms with Crippen LogP contribution in [-0.4, -0.2) is 42.0 Å². The first-order chi connectivity index (χ1) is 10.3. The van der Waals surface area contributed by atoms with Crippen molar-refractivity contribution in [2.75, 3.05) is 26.2 Å². The Hall–Kier alpha value is -0.360. The molecule has 1 amide bonds. The van der Waals surface area contributed by atoms with Crippen LogP contribution in [0.15, 0.2) is 11.6 Å². The highest BCUT2D eigenvalue weighted by Gasteiger charge is 2.58. The molecule has 1 aromatic heterocycles. The van der Waals surface area contributed by atoms with Crippen LogP contribution >= 0.6 is 36.2 Å². The monoisotopic (exact) mass is 377 g/mol. The standard InChI is InChI=1S/C16H23N3OS.2ClH/c20-15(13-11-16(13)3-5-17-6-4-16)19-8-1-12(2-9-19)14-18-7-10-21-14;;/h7,10,12-13,17H,1-6,8-9,11H2;2*1H. The molecule has 130 valence electrons. The molecule has 1 aromatic rings. The summed E-state index contributed by atoms with van der Waals surface area (Å²) in [6, 6.07) is 0. The maximum atomic E-state index is 12.7. The number of piperidine rings is 2. The molecule has 23 heavy (non-hydrogen) atoms. The fourth-order valence-electron chi connectivity index (χ4n) is 4.18. The minimum Gasteiger partial charge on any atom is -0.342 e. The predicted molar refractivity (Wildman–Crippen MR) is 97.8 cm³/mol. The molecular weight excluding hydrogens is 353 g/mol. The molecule has 1 saturated carbocycles. The molecule has 1 aliphatic carbocycles. The number of nitrogens with one attached hydrogen (secondary N) is 1. The quantitative estimate of drug-likeness (QED) is 0.860. The number of carbonyl (C=O) groups is 1. The van der Waals surface area contributed by atoms with Crippen LogP contribution in [-0.2, 0) is 4.79 Å². The summed E-state index contributed by atoms with van der Waals surface area (Å²) in [7, 11) is 0. The van der Waals surface area contributed by atoms with Crippen molar-refractivity contribution in [3.8, 4) is 0 Å². The first-order valence-corrected chi connectivity index (χ1v) is 9.05. The highest BCUT2D eigenvalue weighted by Crippen LogP contribution is 2.59. The van der Waals surface area contributed by atoms with Crippen LogP contribution in [0.5, 0.6) is 0 Å². The fourth-order valence-corrected chi connectivity index (χ4v) is 4.99. The van der Waals surface area contributed by atoms with Gasteiger partial charge in [0.1, 0.15) is 0 Å². The van der Waals surface area contributed by atoms with Crippen molar-refractivity contribution in [3.05, 3.63) is 16.6 Å². The lowest BCUT2D eigenvalue weighted by Gasteiger charge is -2.32. The average molecular weight is 378 g/mol. The largest absolute Gasteiger partial charge is 0.342 e. The summed E-state index contributed by atoms with van der Waals surface area (Å²) in [5.74, 6) is 1.34. The van der Waals surface area contributed by atoms with Gasteiger partial charge in [-0.1, -0.05) is 0 Å². The summed E-state index contributed by atoms with van der Waals surface area (Å²) < 4.78 is 0. The van der Waals surface area contributed by atoms with Gasteiger partial charge in [-0.3, -0.25) is 4.79 Å². The van der Waals surface area contributed by atoms with E-state index < -0.39 is 0 Å². The van der Waals surface area contributed by atoms with Gasteiger partial charge in [0.25, 0.3) is 0 Å². The number of rotatable bonds is 2. The second-order valence-electron chi connectivity index (χ2n) is 6.84. The molecule has 1 unspecified atom stereocenters. The minimum atomic E-state index is 0. The molecule has 3 heterocycles. The van der Waals surface area contributed by atoms with Gasteiger partial charge in [-0.2, -0.15) is 0 Å². The number of amides is 1. The Bertz CT molecular complexity index is 511. The molecular formula is C16H25Cl2N3OS. The second-order valence-corrected chi connectivity index (χ2v) is 7.77. The Kier molecular flexibility index (Phi) is 6.34. The fraction of sp³-hybridized carbons (Fsp3) is 0.750. The lowest BCUT2D eigenvalue weighted by Crippen LogP contribution is -2.40. The van der Waals surface area contributed by atoms with Crippen molar-refractivity contribution in [3.63, 3.8) is 0 Å². The number of hydrogen-bond acceptors (Lipinski definition) is 4. The van der Waals surface area contributed by atoms with Crippen LogP contribution in [0.25, 0.3) is 0 Å². The Labute approximate surface area is 154 Å². The molecule has 3 aliphatic rings. The molecule has 4 nitrogen and oxygen atoms in total. The van der Waals surface area contributed by atoms with Crippen LogP contribution in [0.1, 0.15) is 43.0 Å². The summed E-state index contributed by atoms with van der Waals surface area (Å²) >= 11 is 1.75. The van der Waals surface area contributed by atoms with E-state index in [0.29, 0.717) is 23.2 Å². The Morgan fingerprint density at radius 2 is 1.96 bits per heavy atom. The molecule has 0 bridgehead atoms. The number of hydrogen-bond donors (Lipinski definition) is 1. The van der Waals surface area contributed by atoms with Crippen LogP contribution < -0.4 is 5.32 Å². The summed E-state index contributed by atoms with van der Waals surface area (Å²) in [5, 5.41) is 6.72. The number of aromatic nitrogens is 1. The average Bonchev–Trinajstić information content (AvgIpc) is 2.99. The Balaban J connectivity index is 0.000000960. The third-order valence-corrected chi connectivity index (χ3v) is 6.63. The molecule has 1 atom stereocenters. The zero-order valence-corrected chi connectivity index (χ0v) is 15.7. The van der Waals surface area contributed by atoms with Gasteiger partial charge in [-0.15, -0.1) is 36.2 Å². The minimum absolute atomic E-state index is 0. The molecule has 0 aromatic carbocycles. The van der Waals surface area contributed by atoms with Gasteiger partial charge in [0.2, 0.25) is 5.91 Å². The second kappa shape index (κ2) is 7.68. The number of carbonyl (C=O) groups excluding carboxylic acids is 1. The maximum Gasteiger partial charge on any atom is 0.226 e. The van der Waals surface area contributed by atoms with Crippen LogP contribution in [0.2, 0.25) is 0 Å². The van der Waals surface area contributed by atoms with E-state index in [-0.39, 0.29) is 24.8 Å². The Morgan fingerprint density at radius 3 is 2.57 bits per heavy atom. The third kappa shape index (κ3) is 3.68. The van der Waals surface area contributed by atoms with Gasteiger partial charge < -0.3 is 10.2 Å². The normalized spacial score (nSPS) is 26.3. The lowest BCUT2D eigenvalue weighted by atomic mass is 9.91. The number of thiazole rings is 1. The van der Waals surface area contributed by atoms with E-state index in [2.05, 4.69) is 20.6 Å². The van der Waals surface area contributed by atoms with Gasteiger partial charge in [0, 0.05) is 36.5 Å². The lowest BCUT2D eigenvalue weighted by molar-refractivity contribution is -0.134. The molecule has 2 aliphatic heterocycles. The number of likely N-dealkylation sites (tertiary alicyclic amines) is 1. The van der Waals surface area contributed by atoms with E-state index in [9.17, 15) is 4.79 Å². The van der Waals surface area contributed by atoms with E-state index in [4.69, 9.17) is 0 Å². The van der Waals surface area contributed by atoms with Crippen molar-refractivity contribution in [1.29, 1.82) is 0 Å².